The Bertz CT molecular complexity index is 1630. The summed E-state index contributed by atoms with van der Waals surface area (Å²) in [5, 5.41) is 5.32. The number of fused-ring (bicyclic) bond motifs is 2. The SMILES string of the molecule is CC(C)(C)c1cc[cH-]c1.CC(C)c1cc[cH-]c1.C[CH-]C.C[C](=[Zr+2])c1ccccc1.Cl.Cl.Cl.[Cl-].[Zr+4].c1ccc2[cH-]ccc2c1.c1ccc2[cH-]ccc2c1. The van der Waals surface area contributed by atoms with Gasteiger partial charge in [-0.05, 0) is 0 Å². The first kappa shape index (κ1) is 57.1. The van der Waals surface area contributed by atoms with Gasteiger partial charge in [0.25, 0.3) is 0 Å². The molecular formula is C46H56Cl4Zr2. The molecule has 7 aromatic carbocycles. The molecule has 0 radical (unpaired) electrons. The van der Waals surface area contributed by atoms with Gasteiger partial charge in [0.2, 0.25) is 0 Å². The molecule has 0 spiro atoms. The van der Waals surface area contributed by atoms with Gasteiger partial charge in [-0.15, -0.1) is 96.5 Å². The molecule has 0 amide bonds. The molecule has 0 fully saturated rings. The molecule has 0 aliphatic carbocycles. The molecule has 6 heteroatoms. The summed E-state index contributed by atoms with van der Waals surface area (Å²) in [6, 6.07) is 56.8. The van der Waals surface area contributed by atoms with E-state index in [9.17, 15) is 0 Å². The smallest absolute Gasteiger partial charge is 1.00 e. The van der Waals surface area contributed by atoms with Gasteiger partial charge in [0, 0.05) is 0 Å². The second-order valence-corrected chi connectivity index (χ2v) is 14.5. The van der Waals surface area contributed by atoms with Crippen LogP contribution in [-0.2, 0) is 55.9 Å². The zero-order valence-corrected chi connectivity index (χ0v) is 40.0. The molecule has 0 saturated carbocycles. The van der Waals surface area contributed by atoms with E-state index in [2.05, 4.69) is 199 Å². The van der Waals surface area contributed by atoms with Crippen LogP contribution in [0, 0.1) is 6.42 Å². The maximum absolute atomic E-state index is 2.22. The molecule has 0 aliphatic heterocycles. The van der Waals surface area contributed by atoms with E-state index in [-0.39, 0.29) is 75.8 Å². The van der Waals surface area contributed by atoms with Gasteiger partial charge in [0.15, 0.2) is 0 Å². The molecule has 0 aliphatic rings. The Morgan fingerprint density at radius 2 is 1.04 bits per heavy atom. The molecule has 52 heavy (non-hydrogen) atoms. The van der Waals surface area contributed by atoms with Gasteiger partial charge in [0.05, 0.1) is 0 Å². The molecule has 0 nitrogen and oxygen atoms in total. The Labute approximate surface area is 374 Å². The van der Waals surface area contributed by atoms with E-state index in [4.69, 9.17) is 0 Å². The van der Waals surface area contributed by atoms with Crippen LogP contribution in [0.2, 0.25) is 0 Å². The van der Waals surface area contributed by atoms with Crippen molar-refractivity contribution in [2.24, 2.45) is 0 Å². The number of rotatable bonds is 2. The van der Waals surface area contributed by atoms with Crippen molar-refractivity contribution in [3.8, 4) is 0 Å². The van der Waals surface area contributed by atoms with E-state index in [1.54, 1.807) is 0 Å². The largest absolute Gasteiger partial charge is 4.00 e. The quantitative estimate of drug-likeness (QED) is 0.152. The van der Waals surface area contributed by atoms with Crippen LogP contribution in [-0.4, -0.2) is 3.21 Å². The van der Waals surface area contributed by atoms with Crippen LogP contribution in [0.5, 0.6) is 0 Å². The number of hydrogen-bond acceptors (Lipinski definition) is 0. The molecule has 276 valence electrons. The minimum atomic E-state index is 0. The fourth-order valence-electron chi connectivity index (χ4n) is 4.48. The third-order valence-electron chi connectivity index (χ3n) is 7.19. The zero-order chi connectivity index (χ0) is 34.5. The van der Waals surface area contributed by atoms with Crippen molar-refractivity contribution >= 4 is 62.0 Å². The molecule has 0 unspecified atom stereocenters. The Morgan fingerprint density at radius 3 is 1.33 bits per heavy atom. The molecule has 7 aromatic rings. The van der Waals surface area contributed by atoms with Crippen LogP contribution in [0.4, 0.5) is 0 Å². The third-order valence-corrected chi connectivity index (χ3v) is 7.90. The van der Waals surface area contributed by atoms with E-state index < -0.39 is 0 Å². The van der Waals surface area contributed by atoms with Crippen LogP contribution in [0.25, 0.3) is 21.5 Å². The van der Waals surface area contributed by atoms with Gasteiger partial charge in [-0.25, -0.2) is 12.1 Å². The fraction of sp³-hybridized carbons (Fsp3) is 0.217. The summed E-state index contributed by atoms with van der Waals surface area (Å²) in [4.78, 5) is 0. The molecule has 0 bridgehead atoms. The average Bonchev–Trinajstić information content (AvgIpc) is 3.90. The van der Waals surface area contributed by atoms with Crippen molar-refractivity contribution in [2.45, 2.75) is 66.7 Å². The molecule has 0 atom stereocenters. The summed E-state index contributed by atoms with van der Waals surface area (Å²) in [7, 11) is 0. The summed E-state index contributed by atoms with van der Waals surface area (Å²) in [5.41, 5.74) is 4.55. The van der Waals surface area contributed by atoms with Crippen molar-refractivity contribution in [3.63, 3.8) is 0 Å². The van der Waals surface area contributed by atoms with Crippen molar-refractivity contribution in [1.82, 2.24) is 0 Å². The predicted octanol–water partition coefficient (Wildman–Crippen LogP) is 11.6. The summed E-state index contributed by atoms with van der Waals surface area (Å²) < 4.78 is 1.46. The van der Waals surface area contributed by atoms with Gasteiger partial charge in [-0.1, -0.05) is 58.1 Å². The molecule has 0 aromatic heterocycles. The fourth-order valence-corrected chi connectivity index (χ4v) is 4.89. The average molecular weight is 933 g/mol. The maximum atomic E-state index is 2.22. The number of benzene rings is 3. The van der Waals surface area contributed by atoms with E-state index in [0.717, 1.165) is 0 Å². The molecule has 0 saturated heterocycles. The van der Waals surface area contributed by atoms with Crippen LogP contribution in [0.3, 0.4) is 0 Å². The van der Waals surface area contributed by atoms with E-state index >= 15 is 0 Å². The van der Waals surface area contributed by atoms with Gasteiger partial charge >= 0.3 is 96.5 Å². The summed E-state index contributed by atoms with van der Waals surface area (Å²) >= 11 is 1.51. The van der Waals surface area contributed by atoms with Gasteiger partial charge < -0.3 is 18.8 Å². The Kier molecular flexibility index (Phi) is 36.0. The minimum absolute atomic E-state index is 0. The molecule has 0 N–H and O–H groups in total. The Balaban J connectivity index is -0.000000266. The predicted molar refractivity (Wildman–Crippen MR) is 230 cm³/mol. The van der Waals surface area contributed by atoms with Crippen molar-refractivity contribution < 1.29 is 62.8 Å². The van der Waals surface area contributed by atoms with Crippen LogP contribution < -0.4 is 12.4 Å². The topological polar surface area (TPSA) is 0 Å². The standard InChI is InChI=1S/2C9H7.C9H13.C8H11.C8H8.C3H7.4ClH.2Zr/c2*1-2-5-9-7-3-6-8(9)4-1;1-9(2,3)8-6-4-5-7-8;1-7(2)8-5-3-4-6-8;1-2-8-6-4-3-5-7-8;1-3-2;;;;;;/h2*1-7H;4-7H,1-3H3;3-7H,1-2H3;3-7H,1H3;3H,1-2H3;4*1H;;/q4*-1;;-1;;;;;+2;+4/p-1. The van der Waals surface area contributed by atoms with Crippen molar-refractivity contribution in [3.05, 3.63) is 187 Å². The Hall–Kier alpha value is -1.62. The first-order valence-corrected chi connectivity index (χ1v) is 17.8. The second-order valence-electron chi connectivity index (χ2n) is 12.7. The summed E-state index contributed by atoms with van der Waals surface area (Å²) in [6.45, 7) is 17.2. The van der Waals surface area contributed by atoms with E-state index in [0.29, 0.717) is 11.3 Å². The molecular weight excluding hydrogens is 877 g/mol. The van der Waals surface area contributed by atoms with Crippen molar-refractivity contribution in [1.29, 1.82) is 0 Å². The van der Waals surface area contributed by atoms with Crippen LogP contribution >= 0.6 is 37.2 Å². The van der Waals surface area contributed by atoms with E-state index in [1.807, 2.05) is 26.3 Å². The summed E-state index contributed by atoms with van der Waals surface area (Å²) in [5.74, 6) is 0.685. The summed E-state index contributed by atoms with van der Waals surface area (Å²) in [6.07, 6.45) is 2.00. The number of hydrogen-bond donors (Lipinski definition) is 0. The first-order valence-electron chi connectivity index (χ1n) is 16.6. The third kappa shape index (κ3) is 23.2. The van der Waals surface area contributed by atoms with Crippen LogP contribution in [0.1, 0.15) is 78.0 Å². The Morgan fingerprint density at radius 1 is 0.615 bits per heavy atom. The first-order chi connectivity index (χ1) is 22.6. The van der Waals surface area contributed by atoms with Crippen molar-refractivity contribution in [2.75, 3.05) is 0 Å². The molecule has 0 heterocycles. The van der Waals surface area contributed by atoms with Gasteiger partial charge in [-0.3, -0.25) is 0 Å². The zero-order valence-electron chi connectivity index (χ0n) is 31.8. The van der Waals surface area contributed by atoms with E-state index in [1.165, 1.54) is 65.7 Å². The van der Waals surface area contributed by atoms with Crippen LogP contribution in [0.15, 0.2) is 164 Å². The second kappa shape index (κ2) is 32.8. The molecule has 7 rings (SSSR count). The maximum Gasteiger partial charge on any atom is 4.00 e. The number of halogens is 4. The van der Waals surface area contributed by atoms with Gasteiger partial charge in [0.1, 0.15) is 0 Å². The monoisotopic (exact) mass is 928 g/mol. The minimum Gasteiger partial charge on any atom is -1.00 e. The van der Waals surface area contributed by atoms with Gasteiger partial charge in [-0.2, -0.15) is 96.4 Å². The normalized spacial score (nSPS) is 9.13.